The minimum atomic E-state index is -0.991. The molecule has 3 aromatic rings. The number of amides is 1. The van der Waals surface area contributed by atoms with Crippen molar-refractivity contribution in [3.05, 3.63) is 71.2 Å². The zero-order valence-corrected chi connectivity index (χ0v) is 18.0. The molecule has 0 aliphatic carbocycles. The number of nitriles is 1. The van der Waals surface area contributed by atoms with E-state index < -0.39 is 16.7 Å². The summed E-state index contributed by atoms with van der Waals surface area (Å²) in [5, 5.41) is 12.6. The van der Waals surface area contributed by atoms with Gasteiger partial charge in [0.25, 0.3) is 5.91 Å². The first kappa shape index (κ1) is 21.1. The summed E-state index contributed by atoms with van der Waals surface area (Å²) in [6, 6.07) is 13.0. The van der Waals surface area contributed by atoms with Crippen molar-refractivity contribution in [3.63, 3.8) is 0 Å². The van der Waals surface area contributed by atoms with Crippen LogP contribution in [0.3, 0.4) is 0 Å². The van der Waals surface area contributed by atoms with Gasteiger partial charge in [-0.15, -0.1) is 0 Å². The first-order chi connectivity index (χ1) is 15.1. The third kappa shape index (κ3) is 4.63. The second-order valence-electron chi connectivity index (χ2n) is 7.41. The maximum Gasteiger partial charge on any atom is 0.260 e. The Hall–Kier alpha value is -3.15. The molecule has 7 nitrogen and oxygen atoms in total. The van der Waals surface area contributed by atoms with Crippen molar-refractivity contribution in [1.29, 1.82) is 5.26 Å². The van der Waals surface area contributed by atoms with E-state index in [1.165, 1.54) is 0 Å². The van der Waals surface area contributed by atoms with Gasteiger partial charge in [-0.3, -0.25) is 13.6 Å². The average molecular weight is 438 g/mol. The second-order valence-corrected chi connectivity index (χ2v) is 9.12. The highest BCUT2D eigenvalue weighted by Gasteiger charge is 2.25. The summed E-state index contributed by atoms with van der Waals surface area (Å²) in [5.41, 5.74) is 1.86. The highest BCUT2D eigenvalue weighted by molar-refractivity contribution is 7.84. The summed E-state index contributed by atoms with van der Waals surface area (Å²) < 4.78 is 25.4. The van der Waals surface area contributed by atoms with Gasteiger partial charge >= 0.3 is 0 Å². The van der Waals surface area contributed by atoms with E-state index in [1.807, 2.05) is 30.3 Å². The van der Waals surface area contributed by atoms with Gasteiger partial charge in [-0.2, -0.15) is 5.26 Å². The average Bonchev–Trinajstić information content (AvgIpc) is 3.42. The topological polar surface area (TPSA) is 97.3 Å². The van der Waals surface area contributed by atoms with Gasteiger partial charge in [-0.05, 0) is 49.6 Å². The number of nitrogens with zero attached hydrogens (tertiary/aromatic N) is 2. The molecular formula is C23H23N3O4S. The van der Waals surface area contributed by atoms with Gasteiger partial charge in [0.15, 0.2) is 0 Å². The van der Waals surface area contributed by atoms with Crippen molar-refractivity contribution in [2.75, 3.05) is 18.5 Å². The van der Waals surface area contributed by atoms with Gasteiger partial charge in [0.1, 0.15) is 23.0 Å². The van der Waals surface area contributed by atoms with Gasteiger partial charge in [-0.1, -0.05) is 12.1 Å². The number of benzene rings is 1. The van der Waals surface area contributed by atoms with Gasteiger partial charge in [0.05, 0.1) is 0 Å². The molecule has 0 saturated carbocycles. The standard InChI is InChI=1S/C23H23N3O4S/c1-16-21(20(14-24)23(30-16)26-9-2-3-10-26)22(27)25-18-6-4-5-17(13-18)15-31(28)19-7-11-29-12-8-19/h2-6,9-10,13,19H,7-8,11-12,15H2,1H3,(H,25,27). The van der Waals surface area contributed by atoms with Crippen LogP contribution in [-0.2, 0) is 21.3 Å². The molecule has 31 heavy (non-hydrogen) atoms. The molecule has 3 heterocycles. The fourth-order valence-electron chi connectivity index (χ4n) is 3.71. The maximum absolute atomic E-state index is 13.0. The van der Waals surface area contributed by atoms with Gasteiger partial charge in [-0.25, -0.2) is 0 Å². The van der Waals surface area contributed by atoms with Crippen LogP contribution in [0.5, 0.6) is 0 Å². The molecule has 1 aliphatic heterocycles. The molecule has 1 unspecified atom stereocenters. The molecule has 0 spiro atoms. The second kappa shape index (κ2) is 9.33. The van der Waals surface area contributed by atoms with E-state index >= 15 is 0 Å². The quantitative estimate of drug-likeness (QED) is 0.630. The molecular weight excluding hydrogens is 414 g/mol. The number of anilines is 1. The predicted octanol–water partition coefficient (Wildman–Crippen LogP) is 3.93. The van der Waals surface area contributed by atoms with Crippen molar-refractivity contribution < 1.29 is 18.2 Å². The minimum Gasteiger partial charge on any atom is -0.443 e. The fourth-order valence-corrected chi connectivity index (χ4v) is 5.17. The van der Waals surface area contributed by atoms with Gasteiger partial charge in [0.2, 0.25) is 5.88 Å². The molecule has 0 bridgehead atoms. The Balaban J connectivity index is 1.51. The molecule has 0 radical (unpaired) electrons. The normalized spacial score (nSPS) is 15.4. The summed E-state index contributed by atoms with van der Waals surface area (Å²) in [4.78, 5) is 13.0. The van der Waals surface area contributed by atoms with E-state index in [0.717, 1.165) is 18.4 Å². The van der Waals surface area contributed by atoms with Crippen LogP contribution in [0.1, 0.15) is 40.1 Å². The van der Waals surface area contributed by atoms with Crippen molar-refractivity contribution >= 4 is 22.4 Å². The fraction of sp³-hybridized carbons (Fsp3) is 0.304. The summed E-state index contributed by atoms with van der Waals surface area (Å²) in [6.07, 6.45) is 5.12. The molecule has 160 valence electrons. The Kier molecular flexibility index (Phi) is 6.35. The Bertz CT molecular complexity index is 1140. The summed E-state index contributed by atoms with van der Waals surface area (Å²) in [5.74, 6) is 0.699. The lowest BCUT2D eigenvalue weighted by molar-refractivity contribution is 0.0991. The van der Waals surface area contributed by atoms with E-state index in [4.69, 9.17) is 9.15 Å². The molecule has 4 rings (SSSR count). The van der Waals surface area contributed by atoms with Crippen molar-refractivity contribution in [1.82, 2.24) is 4.57 Å². The molecule has 1 N–H and O–H groups in total. The molecule has 1 aromatic carbocycles. The summed E-state index contributed by atoms with van der Waals surface area (Å²) >= 11 is 0. The molecule has 8 heteroatoms. The Morgan fingerprint density at radius 2 is 2.00 bits per heavy atom. The summed E-state index contributed by atoms with van der Waals surface area (Å²) in [6.45, 7) is 2.97. The van der Waals surface area contributed by atoms with E-state index in [-0.39, 0.29) is 16.4 Å². The van der Waals surface area contributed by atoms with Crippen molar-refractivity contribution in [3.8, 4) is 12.0 Å². The van der Waals surface area contributed by atoms with Crippen LogP contribution in [-0.4, -0.2) is 33.1 Å². The molecule has 1 saturated heterocycles. The number of furan rings is 1. The SMILES string of the molecule is Cc1oc(-n2cccc2)c(C#N)c1C(=O)Nc1cccc(CS(=O)C2CCOCC2)c1. The Morgan fingerprint density at radius 1 is 1.26 bits per heavy atom. The maximum atomic E-state index is 13.0. The van der Waals surface area contributed by atoms with Crippen LogP contribution in [0.25, 0.3) is 5.88 Å². The molecule has 1 aliphatic rings. The number of rotatable bonds is 6. The molecule has 1 atom stereocenters. The van der Waals surface area contributed by atoms with Crippen molar-refractivity contribution in [2.45, 2.75) is 30.8 Å². The minimum absolute atomic E-state index is 0.144. The smallest absolute Gasteiger partial charge is 0.260 e. The van der Waals surface area contributed by atoms with E-state index in [1.54, 1.807) is 30.0 Å². The molecule has 1 amide bonds. The highest BCUT2D eigenvalue weighted by Crippen LogP contribution is 2.27. The van der Waals surface area contributed by atoms with Crippen LogP contribution in [0.2, 0.25) is 0 Å². The lowest BCUT2D eigenvalue weighted by Crippen LogP contribution is -2.25. The predicted molar refractivity (Wildman–Crippen MR) is 118 cm³/mol. The number of nitrogens with one attached hydrogen (secondary N) is 1. The third-order valence-corrected chi connectivity index (χ3v) is 7.11. The Morgan fingerprint density at radius 3 is 2.71 bits per heavy atom. The number of aryl methyl sites for hydroxylation is 1. The lowest BCUT2D eigenvalue weighted by Gasteiger charge is -2.21. The number of carbonyl (C=O) groups excluding carboxylic acids is 1. The van der Waals surface area contributed by atoms with Crippen LogP contribution in [0.15, 0.2) is 53.2 Å². The first-order valence-electron chi connectivity index (χ1n) is 10.1. The number of hydrogen-bond donors (Lipinski definition) is 1. The zero-order chi connectivity index (χ0) is 21.8. The lowest BCUT2D eigenvalue weighted by atomic mass is 10.1. The van der Waals surface area contributed by atoms with Crippen molar-refractivity contribution in [2.24, 2.45) is 0 Å². The van der Waals surface area contributed by atoms with E-state index in [9.17, 15) is 14.3 Å². The third-order valence-electron chi connectivity index (χ3n) is 5.28. The van der Waals surface area contributed by atoms with E-state index in [2.05, 4.69) is 11.4 Å². The number of carbonyl (C=O) groups is 1. The highest BCUT2D eigenvalue weighted by atomic mass is 32.2. The first-order valence-corrected chi connectivity index (χ1v) is 11.5. The molecule has 1 fully saturated rings. The van der Waals surface area contributed by atoms with Crippen LogP contribution in [0.4, 0.5) is 5.69 Å². The van der Waals surface area contributed by atoms with Crippen LogP contribution >= 0.6 is 0 Å². The van der Waals surface area contributed by atoms with E-state index in [0.29, 0.717) is 36.3 Å². The van der Waals surface area contributed by atoms with Crippen LogP contribution < -0.4 is 5.32 Å². The zero-order valence-electron chi connectivity index (χ0n) is 17.2. The van der Waals surface area contributed by atoms with Crippen LogP contribution in [0, 0.1) is 18.3 Å². The largest absolute Gasteiger partial charge is 0.443 e. The number of ether oxygens (including phenoxy) is 1. The van der Waals surface area contributed by atoms with Gasteiger partial charge < -0.3 is 14.5 Å². The number of hydrogen-bond acceptors (Lipinski definition) is 5. The number of aromatic nitrogens is 1. The van der Waals surface area contributed by atoms with Gasteiger partial charge in [0, 0.05) is 53.1 Å². The molecule has 2 aromatic heterocycles. The summed E-state index contributed by atoms with van der Waals surface area (Å²) in [7, 11) is -0.991. The Labute approximate surface area is 183 Å². The monoisotopic (exact) mass is 437 g/mol.